The Labute approximate surface area is 204 Å². The molecular formula is C19H23F2N4O11P. The Kier molecular flexibility index (Phi) is 7.75. The van der Waals surface area contributed by atoms with Gasteiger partial charge in [-0.1, -0.05) is 0 Å². The summed E-state index contributed by atoms with van der Waals surface area (Å²) >= 11 is 0. The predicted octanol–water partition coefficient (Wildman–Crippen LogP) is -1.89. The Bertz CT molecular complexity index is 1440. The average molecular weight is 552 g/mol. The van der Waals surface area contributed by atoms with E-state index in [9.17, 15) is 47.6 Å². The molecule has 18 heteroatoms. The van der Waals surface area contributed by atoms with Crippen LogP contribution in [0.25, 0.3) is 0 Å². The number of hydrogen-bond acceptors (Lipinski definition) is 10. The molecule has 2 aliphatic rings. The molecule has 0 aliphatic carbocycles. The molecule has 0 spiro atoms. The number of aliphatic hydroxyl groups excluding tert-OH is 2. The van der Waals surface area contributed by atoms with E-state index in [1.165, 1.54) is 0 Å². The van der Waals surface area contributed by atoms with Crippen LogP contribution in [0.3, 0.4) is 0 Å². The minimum absolute atomic E-state index is 0.207. The second-order valence-electron chi connectivity index (χ2n) is 8.59. The monoisotopic (exact) mass is 552 g/mol. The molecule has 2 aromatic rings. The summed E-state index contributed by atoms with van der Waals surface area (Å²) in [7, 11) is -4.47. The molecule has 4 rings (SSSR count). The number of nitrogens with one attached hydrogen (secondary N) is 2. The van der Waals surface area contributed by atoms with Crippen molar-refractivity contribution in [3.05, 3.63) is 65.7 Å². The Morgan fingerprint density at radius 3 is 2.03 bits per heavy atom. The van der Waals surface area contributed by atoms with Crippen LogP contribution in [0.2, 0.25) is 0 Å². The van der Waals surface area contributed by atoms with Crippen LogP contribution in [-0.2, 0) is 18.6 Å². The number of ether oxygens (including phenoxy) is 2. The van der Waals surface area contributed by atoms with E-state index in [1.54, 1.807) is 0 Å². The van der Waals surface area contributed by atoms with Gasteiger partial charge in [-0.05, 0) is 6.42 Å². The minimum atomic E-state index is -4.47. The summed E-state index contributed by atoms with van der Waals surface area (Å²) in [6, 6.07) is 0. The Morgan fingerprint density at radius 1 is 0.973 bits per heavy atom. The lowest BCUT2D eigenvalue weighted by molar-refractivity contribution is -0.0445. The average Bonchev–Trinajstić information content (AvgIpc) is 3.40. The number of aromatic nitrogens is 4. The van der Waals surface area contributed by atoms with E-state index in [1.807, 2.05) is 9.97 Å². The van der Waals surface area contributed by atoms with Crippen molar-refractivity contribution in [2.24, 2.45) is 5.92 Å². The Hall–Kier alpha value is -2.79. The molecule has 2 aliphatic heterocycles. The van der Waals surface area contributed by atoms with E-state index in [4.69, 9.17) is 14.0 Å². The van der Waals surface area contributed by atoms with Gasteiger partial charge in [0.25, 0.3) is 11.1 Å². The molecule has 0 aromatic carbocycles. The highest BCUT2D eigenvalue weighted by molar-refractivity contribution is 7.52. The van der Waals surface area contributed by atoms with Gasteiger partial charge in [0.05, 0.1) is 31.6 Å². The summed E-state index contributed by atoms with van der Waals surface area (Å²) in [5.74, 6) is -3.40. The topological polar surface area (TPSA) is 215 Å². The molecule has 0 saturated carbocycles. The Balaban J connectivity index is 1.41. The van der Waals surface area contributed by atoms with Gasteiger partial charge >= 0.3 is 19.0 Å². The second-order valence-corrected chi connectivity index (χ2v) is 10.5. The van der Waals surface area contributed by atoms with Crippen molar-refractivity contribution in [3.8, 4) is 0 Å². The lowest BCUT2D eigenvalue weighted by Gasteiger charge is -2.21. The summed E-state index contributed by atoms with van der Waals surface area (Å²) in [5, 5.41) is 19.8. The van der Waals surface area contributed by atoms with E-state index in [2.05, 4.69) is 0 Å². The van der Waals surface area contributed by atoms with Crippen molar-refractivity contribution in [1.82, 2.24) is 19.1 Å². The van der Waals surface area contributed by atoms with Gasteiger partial charge in [0.2, 0.25) is 11.6 Å². The maximum Gasteiger partial charge on any atom is 0.330 e. The normalized spacial score (nSPS) is 29.4. The van der Waals surface area contributed by atoms with E-state index < -0.39 is 97.8 Å². The zero-order valence-electron chi connectivity index (χ0n) is 18.9. The third kappa shape index (κ3) is 5.57. The molecule has 0 radical (unpaired) electrons. The number of rotatable bonds is 8. The first kappa shape index (κ1) is 27.3. The van der Waals surface area contributed by atoms with Crippen molar-refractivity contribution in [2.45, 2.75) is 43.6 Å². The molecular weight excluding hydrogens is 529 g/mol. The lowest BCUT2D eigenvalue weighted by Crippen LogP contribution is -2.39. The Morgan fingerprint density at radius 2 is 1.49 bits per heavy atom. The number of H-pyrrole nitrogens is 2. The number of nitrogens with zero attached hydrogens (tertiary/aromatic N) is 2. The van der Waals surface area contributed by atoms with Gasteiger partial charge in [-0.25, -0.2) is 18.7 Å². The largest absolute Gasteiger partial charge is 0.394 e. The highest BCUT2D eigenvalue weighted by Crippen LogP contribution is 2.49. The molecule has 0 bridgehead atoms. The minimum Gasteiger partial charge on any atom is -0.394 e. The van der Waals surface area contributed by atoms with Gasteiger partial charge in [-0.2, -0.15) is 8.78 Å². The van der Waals surface area contributed by atoms with E-state index in [-0.39, 0.29) is 12.8 Å². The summed E-state index contributed by atoms with van der Waals surface area (Å²) in [5.41, 5.74) is -4.51. The molecule has 2 aromatic heterocycles. The fourth-order valence-electron chi connectivity index (χ4n) is 4.34. The van der Waals surface area contributed by atoms with Gasteiger partial charge in [-0.3, -0.25) is 14.2 Å². The molecule has 204 valence electrons. The van der Waals surface area contributed by atoms with Crippen molar-refractivity contribution < 1.29 is 42.4 Å². The molecule has 5 N–H and O–H groups in total. The van der Waals surface area contributed by atoms with Crippen LogP contribution in [0.15, 0.2) is 31.6 Å². The first-order valence-corrected chi connectivity index (χ1v) is 12.7. The van der Waals surface area contributed by atoms with Crippen LogP contribution in [0, 0.1) is 17.6 Å². The quantitative estimate of drug-likeness (QED) is 0.228. The van der Waals surface area contributed by atoms with Crippen molar-refractivity contribution in [3.63, 3.8) is 0 Å². The van der Waals surface area contributed by atoms with Crippen LogP contribution in [0.4, 0.5) is 8.78 Å². The van der Waals surface area contributed by atoms with Crippen molar-refractivity contribution >= 4 is 7.60 Å². The third-order valence-electron chi connectivity index (χ3n) is 6.16. The number of hydrogen-bond donors (Lipinski definition) is 5. The number of halogens is 2. The van der Waals surface area contributed by atoms with Crippen LogP contribution >= 0.6 is 7.60 Å². The molecule has 2 saturated heterocycles. The summed E-state index contributed by atoms with van der Waals surface area (Å²) in [4.78, 5) is 62.3. The lowest BCUT2D eigenvalue weighted by atomic mass is 10.0. The van der Waals surface area contributed by atoms with Crippen molar-refractivity contribution in [2.75, 3.05) is 19.4 Å². The SMILES string of the molecule is O=c1[nH]cc(F)c(=O)n1[C@@H]1C[C@@H](CP(=O)(O)OC[C@H]2O[C@@H](n3c(=O)[nH]cc(F)c3=O)C[C@@H]2O)[C@H](CO)O1. The van der Waals surface area contributed by atoms with Gasteiger partial charge in [0, 0.05) is 24.7 Å². The molecule has 1 unspecified atom stereocenters. The number of aromatic amines is 2. The van der Waals surface area contributed by atoms with Gasteiger partial charge in [-0.15, -0.1) is 0 Å². The smallest absolute Gasteiger partial charge is 0.330 e. The third-order valence-corrected chi connectivity index (χ3v) is 7.64. The van der Waals surface area contributed by atoms with Crippen LogP contribution < -0.4 is 22.5 Å². The second kappa shape index (κ2) is 10.5. The van der Waals surface area contributed by atoms with Crippen LogP contribution in [0.1, 0.15) is 25.3 Å². The fourth-order valence-corrected chi connectivity index (χ4v) is 5.80. The van der Waals surface area contributed by atoms with Gasteiger partial charge in [0.1, 0.15) is 18.6 Å². The van der Waals surface area contributed by atoms with E-state index >= 15 is 0 Å². The molecule has 7 atom stereocenters. The molecule has 2 fully saturated rings. The van der Waals surface area contributed by atoms with Crippen LogP contribution in [-0.4, -0.2) is 71.9 Å². The highest BCUT2D eigenvalue weighted by Gasteiger charge is 2.43. The first-order valence-electron chi connectivity index (χ1n) is 11.0. The predicted molar refractivity (Wildman–Crippen MR) is 117 cm³/mol. The van der Waals surface area contributed by atoms with E-state index in [0.717, 1.165) is 0 Å². The van der Waals surface area contributed by atoms with Gasteiger partial charge < -0.3 is 39.1 Å². The zero-order chi connectivity index (χ0) is 27.1. The molecule has 0 amide bonds. The fraction of sp³-hybridized carbons (Fsp3) is 0.579. The first-order chi connectivity index (χ1) is 17.4. The summed E-state index contributed by atoms with van der Waals surface area (Å²) in [6.07, 6.45) is -6.33. The maximum atomic E-state index is 13.6. The highest BCUT2D eigenvalue weighted by atomic mass is 31.2. The van der Waals surface area contributed by atoms with Crippen molar-refractivity contribution in [1.29, 1.82) is 0 Å². The standard InChI is InChI=1S/C19H23F2N4O11P/c20-9-3-22-18(30)24(16(9)28)14-1-8(12(5-26)35-14)7-37(32,33)34-6-13-11(27)2-15(36-13)25-17(29)10(21)4-23-19(25)31/h3-4,8,11-15,26-27H,1-2,5-7H2,(H,22,30)(H,23,31)(H,32,33)/t8-,11-,12-,13+,14-,15+/m0/s1. The summed E-state index contributed by atoms with van der Waals surface area (Å²) in [6.45, 7) is -1.30. The molecule has 37 heavy (non-hydrogen) atoms. The van der Waals surface area contributed by atoms with E-state index in [0.29, 0.717) is 21.5 Å². The number of aliphatic hydroxyl groups is 2. The maximum absolute atomic E-state index is 13.6. The van der Waals surface area contributed by atoms with Crippen LogP contribution in [0.5, 0.6) is 0 Å². The van der Waals surface area contributed by atoms with Gasteiger partial charge in [0.15, 0.2) is 0 Å². The zero-order valence-corrected chi connectivity index (χ0v) is 19.8. The molecule has 15 nitrogen and oxygen atoms in total. The molecule has 4 heterocycles. The summed E-state index contributed by atoms with van der Waals surface area (Å²) < 4.78 is 56.7.